The molecule has 13 nitrogen and oxygen atoms in total. The third kappa shape index (κ3) is 4.50. The second kappa shape index (κ2) is 9.32. The average molecular weight is 508 g/mol. The van der Waals surface area contributed by atoms with Gasteiger partial charge in [-0.25, -0.2) is 9.69 Å². The van der Waals surface area contributed by atoms with E-state index in [2.05, 4.69) is 0 Å². The molecule has 196 valence electrons. The monoisotopic (exact) mass is 508 g/mol. The standard InChI is InChI=1S/C23H28N2O11/c1-23(2,3)36-22(32)25-12-9-14(33-4)13(26)8-10(12)18(30)24-7-5-6-11(24)19(25)34-21-17(29)15(27)16(28)20(31)35-21/h8-9,11,16,19-21,26,28,31H,5-7H2,1-4H3/t11-,16?,19-,20?,21?/m0/s1. The number of amides is 2. The lowest BCUT2D eigenvalue weighted by atomic mass is 10.1. The van der Waals surface area contributed by atoms with Crippen LogP contribution in [0.15, 0.2) is 12.1 Å². The molecule has 0 aliphatic carbocycles. The molecule has 13 heteroatoms. The Morgan fingerprint density at radius 2 is 1.83 bits per heavy atom. The molecule has 2 fully saturated rings. The Balaban J connectivity index is 1.86. The number of carbonyl (C=O) groups is 4. The molecule has 36 heavy (non-hydrogen) atoms. The van der Waals surface area contributed by atoms with Gasteiger partial charge >= 0.3 is 6.09 Å². The van der Waals surface area contributed by atoms with Crippen molar-refractivity contribution >= 4 is 29.3 Å². The molecule has 1 aromatic carbocycles. The van der Waals surface area contributed by atoms with Crippen molar-refractivity contribution in [2.45, 2.75) is 70.2 Å². The van der Waals surface area contributed by atoms with E-state index in [0.717, 1.165) is 11.0 Å². The summed E-state index contributed by atoms with van der Waals surface area (Å²) in [4.78, 5) is 54.1. The van der Waals surface area contributed by atoms with Crippen LogP contribution < -0.4 is 9.64 Å². The minimum atomic E-state index is -2.08. The first kappa shape index (κ1) is 25.8. The molecule has 2 saturated heterocycles. The van der Waals surface area contributed by atoms with Gasteiger partial charge in [0.1, 0.15) is 5.60 Å². The van der Waals surface area contributed by atoms with Gasteiger partial charge in [0.05, 0.1) is 24.4 Å². The Kier molecular flexibility index (Phi) is 6.68. The lowest BCUT2D eigenvalue weighted by Crippen LogP contribution is -2.59. The van der Waals surface area contributed by atoms with E-state index in [1.807, 2.05) is 0 Å². The number of aliphatic hydroxyl groups excluding tert-OH is 2. The molecule has 0 radical (unpaired) electrons. The summed E-state index contributed by atoms with van der Waals surface area (Å²) < 4.78 is 21.6. The van der Waals surface area contributed by atoms with Crippen LogP contribution in [0.5, 0.6) is 11.5 Å². The number of Topliss-reactive ketones (excluding diaryl/α,β-unsaturated/α-hetero) is 2. The maximum atomic E-state index is 13.5. The van der Waals surface area contributed by atoms with E-state index in [4.69, 9.17) is 18.9 Å². The first-order chi connectivity index (χ1) is 16.8. The summed E-state index contributed by atoms with van der Waals surface area (Å²) >= 11 is 0. The van der Waals surface area contributed by atoms with Gasteiger partial charge in [-0.2, -0.15) is 0 Å². The number of phenolic OH excluding ortho intramolecular Hbond substituents is 1. The van der Waals surface area contributed by atoms with Crippen LogP contribution in [0.3, 0.4) is 0 Å². The highest BCUT2D eigenvalue weighted by molar-refractivity contribution is 6.40. The van der Waals surface area contributed by atoms with Crippen LogP contribution in [0, 0.1) is 0 Å². The fourth-order valence-electron chi connectivity index (χ4n) is 4.44. The Morgan fingerprint density at radius 3 is 2.47 bits per heavy atom. The Hall–Kier alpha value is -3.26. The molecule has 3 unspecified atom stereocenters. The Bertz CT molecular complexity index is 1100. The normalized spacial score (nSPS) is 28.5. The van der Waals surface area contributed by atoms with Crippen molar-refractivity contribution < 1.29 is 53.4 Å². The highest BCUT2D eigenvalue weighted by atomic mass is 16.7. The van der Waals surface area contributed by atoms with Gasteiger partial charge in [-0.05, 0) is 39.7 Å². The zero-order chi connectivity index (χ0) is 26.5. The number of fused-ring (bicyclic) bond motifs is 2. The number of benzene rings is 1. The van der Waals surface area contributed by atoms with Gasteiger partial charge in [-0.15, -0.1) is 0 Å². The summed E-state index contributed by atoms with van der Waals surface area (Å²) in [5.41, 5.74) is -1.04. The number of phenols is 1. The molecule has 5 atom stereocenters. The number of hydrogen-bond acceptors (Lipinski definition) is 11. The van der Waals surface area contributed by atoms with Crippen LogP contribution in [-0.2, 0) is 23.8 Å². The smallest absolute Gasteiger partial charge is 0.417 e. The summed E-state index contributed by atoms with van der Waals surface area (Å²) in [7, 11) is 1.29. The predicted molar refractivity (Wildman–Crippen MR) is 119 cm³/mol. The molecule has 3 N–H and O–H groups in total. The molecule has 0 spiro atoms. The lowest BCUT2D eigenvalue weighted by molar-refractivity contribution is -0.269. The molecule has 2 amide bonds. The van der Waals surface area contributed by atoms with Gasteiger partial charge < -0.3 is 39.2 Å². The molecule has 0 bridgehead atoms. The summed E-state index contributed by atoms with van der Waals surface area (Å²) in [5, 5.41) is 29.9. The Morgan fingerprint density at radius 1 is 1.14 bits per heavy atom. The highest BCUT2D eigenvalue weighted by Crippen LogP contribution is 2.42. The molecule has 0 saturated carbocycles. The molecule has 3 aliphatic heterocycles. The van der Waals surface area contributed by atoms with Gasteiger partial charge in [-0.3, -0.25) is 14.4 Å². The summed E-state index contributed by atoms with van der Waals surface area (Å²) in [6.07, 6.45) is -7.55. The van der Waals surface area contributed by atoms with Crippen LogP contribution in [0.1, 0.15) is 44.0 Å². The summed E-state index contributed by atoms with van der Waals surface area (Å²) in [6, 6.07) is 1.62. The number of anilines is 1. The van der Waals surface area contributed by atoms with Gasteiger partial charge in [0.2, 0.25) is 12.1 Å². The fourth-order valence-corrected chi connectivity index (χ4v) is 4.44. The zero-order valence-electron chi connectivity index (χ0n) is 20.2. The van der Waals surface area contributed by atoms with E-state index in [1.165, 1.54) is 18.1 Å². The molecule has 3 heterocycles. The number of aromatic hydroxyl groups is 1. The largest absolute Gasteiger partial charge is 0.504 e. The molecular weight excluding hydrogens is 480 g/mol. The van der Waals surface area contributed by atoms with Crippen molar-refractivity contribution in [3.63, 3.8) is 0 Å². The number of ether oxygens (including phenoxy) is 4. The highest BCUT2D eigenvalue weighted by Gasteiger charge is 2.51. The SMILES string of the molecule is COc1cc2c(cc1O)C(=O)N1CCC[C@H]1[C@H](OC1OC(O)C(O)C(=O)C1=O)N2C(=O)OC(C)(C)C. The van der Waals surface area contributed by atoms with Crippen molar-refractivity contribution in [3.05, 3.63) is 17.7 Å². The third-order valence-electron chi connectivity index (χ3n) is 6.04. The number of methoxy groups -OCH3 is 1. The molecule has 4 rings (SSSR count). The number of aliphatic hydroxyl groups is 2. The molecule has 1 aromatic rings. The average Bonchev–Trinajstić information content (AvgIpc) is 3.26. The van der Waals surface area contributed by atoms with Crippen LogP contribution in [0.4, 0.5) is 10.5 Å². The first-order valence-electron chi connectivity index (χ1n) is 11.3. The maximum Gasteiger partial charge on any atom is 0.417 e. The van der Waals surface area contributed by atoms with Crippen molar-refractivity contribution in [3.8, 4) is 11.5 Å². The van der Waals surface area contributed by atoms with E-state index >= 15 is 0 Å². The van der Waals surface area contributed by atoms with Gasteiger partial charge in [0, 0.05) is 12.6 Å². The fraction of sp³-hybridized carbons (Fsp3) is 0.565. The molecule has 0 aromatic heterocycles. The number of ketones is 2. The van der Waals surface area contributed by atoms with Crippen LogP contribution in [0.2, 0.25) is 0 Å². The van der Waals surface area contributed by atoms with Crippen molar-refractivity contribution in [2.24, 2.45) is 0 Å². The maximum absolute atomic E-state index is 13.5. The molecule has 3 aliphatic rings. The van der Waals surface area contributed by atoms with Gasteiger partial charge in [0.25, 0.3) is 11.7 Å². The number of rotatable bonds is 3. The van der Waals surface area contributed by atoms with Gasteiger partial charge in [-0.1, -0.05) is 0 Å². The van der Waals surface area contributed by atoms with E-state index in [1.54, 1.807) is 20.8 Å². The summed E-state index contributed by atoms with van der Waals surface area (Å²) in [5.74, 6) is -3.47. The van der Waals surface area contributed by atoms with Crippen LogP contribution >= 0.6 is 0 Å². The van der Waals surface area contributed by atoms with Crippen LogP contribution in [0.25, 0.3) is 0 Å². The number of nitrogens with zero attached hydrogens (tertiary/aromatic N) is 2. The van der Waals surface area contributed by atoms with Crippen LogP contribution in [-0.4, -0.2) is 94.0 Å². The van der Waals surface area contributed by atoms with Crippen molar-refractivity contribution in [1.82, 2.24) is 4.90 Å². The first-order valence-corrected chi connectivity index (χ1v) is 11.3. The van der Waals surface area contributed by atoms with Crippen molar-refractivity contribution in [1.29, 1.82) is 0 Å². The second-order valence-electron chi connectivity index (χ2n) is 9.66. The van der Waals surface area contributed by atoms with Gasteiger partial charge in [0.15, 0.2) is 30.1 Å². The molecular formula is C23H28N2O11. The van der Waals surface area contributed by atoms with E-state index in [-0.39, 0.29) is 29.3 Å². The topological polar surface area (TPSA) is 172 Å². The van der Waals surface area contributed by atoms with Crippen molar-refractivity contribution in [2.75, 3.05) is 18.6 Å². The predicted octanol–water partition coefficient (Wildman–Crippen LogP) is 0.277. The third-order valence-corrected chi connectivity index (χ3v) is 6.04. The minimum Gasteiger partial charge on any atom is -0.504 e. The quantitative estimate of drug-likeness (QED) is 0.479. The van der Waals surface area contributed by atoms with E-state index < -0.39 is 60.1 Å². The number of hydrogen-bond donors (Lipinski definition) is 3. The lowest BCUT2D eigenvalue weighted by Gasteiger charge is -2.39. The van der Waals surface area contributed by atoms with E-state index in [0.29, 0.717) is 12.8 Å². The Labute approximate surface area is 206 Å². The number of carbonyl (C=O) groups excluding carboxylic acids is 4. The second-order valence-corrected chi connectivity index (χ2v) is 9.66. The zero-order valence-corrected chi connectivity index (χ0v) is 20.2. The minimum absolute atomic E-state index is 0.0292. The van der Waals surface area contributed by atoms with E-state index in [9.17, 15) is 34.5 Å². The summed E-state index contributed by atoms with van der Waals surface area (Å²) in [6.45, 7) is 5.19.